The van der Waals surface area contributed by atoms with Gasteiger partial charge in [0.15, 0.2) is 0 Å². The van der Waals surface area contributed by atoms with Crippen molar-refractivity contribution in [1.82, 2.24) is 5.32 Å². The average molecular weight is 1010 g/mol. The maximum absolute atomic E-state index is 12.5. The van der Waals surface area contributed by atoms with Gasteiger partial charge in [0.05, 0.1) is 25.4 Å². The Bertz CT molecular complexity index is 1120. The Kier molecular flexibility index (Phi) is 60.5. The van der Waals surface area contributed by atoms with Crippen LogP contribution < -0.4 is 5.32 Å². The fourth-order valence-electron chi connectivity index (χ4n) is 10.3. The maximum Gasteiger partial charge on any atom is 0.305 e. The highest BCUT2D eigenvalue weighted by atomic mass is 16.5. The first-order valence-electron chi connectivity index (χ1n) is 32.6. The van der Waals surface area contributed by atoms with Gasteiger partial charge in [0.1, 0.15) is 0 Å². The van der Waals surface area contributed by atoms with Crippen LogP contribution in [0.2, 0.25) is 0 Å². The molecular formula is C66H127NO5. The molecule has 1 amide bonds. The van der Waals surface area contributed by atoms with E-state index < -0.39 is 12.1 Å². The Balaban J connectivity index is 3.41. The lowest BCUT2D eigenvalue weighted by molar-refractivity contribution is -0.143. The fraction of sp³-hybridized carbons (Fsp3) is 0.909. The van der Waals surface area contributed by atoms with E-state index in [1.165, 1.54) is 276 Å². The molecule has 426 valence electrons. The SMILES string of the molecule is CCCCCC/C=C\C/C=C\CCCCCCCC(=O)OCCCCCCCCCCCCCCCCCCCCC(=O)NC(CO)C(O)CCCCCCCCCCCCCCCCCCCCCCC. The molecule has 0 radical (unpaired) electrons. The van der Waals surface area contributed by atoms with Gasteiger partial charge in [-0.25, -0.2) is 0 Å². The van der Waals surface area contributed by atoms with Gasteiger partial charge in [-0.05, 0) is 57.8 Å². The molecule has 0 aromatic carbocycles. The third-order valence-corrected chi connectivity index (χ3v) is 15.3. The molecule has 0 aliphatic heterocycles. The summed E-state index contributed by atoms with van der Waals surface area (Å²) in [5.41, 5.74) is 0. The minimum Gasteiger partial charge on any atom is -0.466 e. The second-order valence-electron chi connectivity index (χ2n) is 22.5. The molecule has 3 N–H and O–H groups in total. The third-order valence-electron chi connectivity index (χ3n) is 15.3. The molecule has 6 heteroatoms. The Labute approximate surface area is 450 Å². The highest BCUT2D eigenvalue weighted by Crippen LogP contribution is 2.18. The molecule has 0 rings (SSSR count). The quantitative estimate of drug-likeness (QED) is 0.0320. The van der Waals surface area contributed by atoms with E-state index in [0.717, 1.165) is 51.4 Å². The van der Waals surface area contributed by atoms with Gasteiger partial charge in [-0.1, -0.05) is 314 Å². The number of allylic oxidation sites excluding steroid dienone is 4. The zero-order valence-corrected chi connectivity index (χ0v) is 48.7. The molecule has 2 atom stereocenters. The van der Waals surface area contributed by atoms with Crippen LogP contribution >= 0.6 is 0 Å². The van der Waals surface area contributed by atoms with Crippen molar-refractivity contribution < 1.29 is 24.5 Å². The molecule has 0 aromatic heterocycles. The van der Waals surface area contributed by atoms with Crippen molar-refractivity contribution in [2.45, 2.75) is 373 Å². The van der Waals surface area contributed by atoms with Gasteiger partial charge in [0, 0.05) is 12.8 Å². The van der Waals surface area contributed by atoms with E-state index >= 15 is 0 Å². The second-order valence-corrected chi connectivity index (χ2v) is 22.5. The minimum absolute atomic E-state index is 0.00524. The Morgan fingerprint density at radius 3 is 1.07 bits per heavy atom. The number of hydrogen-bond donors (Lipinski definition) is 3. The number of carbonyl (C=O) groups excluding carboxylic acids is 2. The summed E-state index contributed by atoms with van der Waals surface area (Å²) < 4.78 is 5.48. The van der Waals surface area contributed by atoms with Crippen molar-refractivity contribution in [2.24, 2.45) is 0 Å². The lowest BCUT2D eigenvalue weighted by Gasteiger charge is -2.22. The molecule has 0 spiro atoms. The first kappa shape index (κ1) is 70.3. The average Bonchev–Trinajstić information content (AvgIpc) is 3.38. The molecule has 0 heterocycles. The number of aliphatic hydroxyl groups excluding tert-OH is 2. The van der Waals surface area contributed by atoms with Crippen LogP contribution in [0.15, 0.2) is 24.3 Å². The van der Waals surface area contributed by atoms with Gasteiger partial charge in [-0.2, -0.15) is 0 Å². The summed E-state index contributed by atoms with van der Waals surface area (Å²) in [5.74, 6) is -0.0409. The number of ether oxygens (including phenoxy) is 1. The third kappa shape index (κ3) is 57.6. The second kappa shape index (κ2) is 61.9. The summed E-state index contributed by atoms with van der Waals surface area (Å²) in [4.78, 5) is 24.6. The van der Waals surface area contributed by atoms with Crippen LogP contribution in [0.5, 0.6) is 0 Å². The molecule has 0 aromatic rings. The summed E-state index contributed by atoms with van der Waals surface area (Å²) in [6.45, 7) is 4.95. The van der Waals surface area contributed by atoms with E-state index in [4.69, 9.17) is 4.74 Å². The summed E-state index contributed by atoms with van der Waals surface area (Å²) in [6, 6.07) is -0.546. The number of amides is 1. The van der Waals surface area contributed by atoms with Gasteiger partial charge < -0.3 is 20.3 Å². The van der Waals surface area contributed by atoms with Crippen LogP contribution in [0, 0.1) is 0 Å². The standard InChI is InChI=1S/C66H127NO5/c1-3-5-7-9-11-13-15-17-19-21-22-23-24-27-30-34-38-42-46-50-54-58-64(69)63(62-68)67-65(70)59-55-51-47-43-39-35-31-28-25-26-29-33-37-41-45-49-53-57-61-72-66(71)60-56-52-48-44-40-36-32-20-18-16-14-12-10-8-6-4-2/h14,16,20,32,63-64,68-69H,3-13,15,17-19,21-31,33-62H2,1-2H3,(H,67,70)/b16-14-,32-20-. The lowest BCUT2D eigenvalue weighted by atomic mass is 10.0. The van der Waals surface area contributed by atoms with Crippen molar-refractivity contribution in [3.05, 3.63) is 24.3 Å². The predicted octanol–water partition coefficient (Wildman–Crippen LogP) is 20.6. The molecule has 0 aliphatic carbocycles. The van der Waals surface area contributed by atoms with Gasteiger partial charge in [0.25, 0.3) is 0 Å². The van der Waals surface area contributed by atoms with Crippen LogP contribution in [-0.2, 0) is 14.3 Å². The topological polar surface area (TPSA) is 95.9 Å². The minimum atomic E-state index is -0.668. The number of unbranched alkanes of at least 4 members (excludes halogenated alkanes) is 46. The highest BCUT2D eigenvalue weighted by Gasteiger charge is 2.20. The monoisotopic (exact) mass is 1010 g/mol. The van der Waals surface area contributed by atoms with Gasteiger partial charge >= 0.3 is 5.97 Å². The van der Waals surface area contributed by atoms with Crippen molar-refractivity contribution in [2.75, 3.05) is 13.2 Å². The molecule has 72 heavy (non-hydrogen) atoms. The van der Waals surface area contributed by atoms with Gasteiger partial charge in [0.2, 0.25) is 5.91 Å². The molecule has 0 aliphatic rings. The molecule has 0 fully saturated rings. The number of carbonyl (C=O) groups is 2. The smallest absolute Gasteiger partial charge is 0.305 e. The first-order chi connectivity index (χ1) is 35.5. The molecular weight excluding hydrogens is 887 g/mol. The Morgan fingerprint density at radius 1 is 0.389 bits per heavy atom. The molecule has 2 unspecified atom stereocenters. The summed E-state index contributed by atoms with van der Waals surface area (Å²) in [7, 11) is 0. The molecule has 0 saturated heterocycles. The predicted molar refractivity (Wildman–Crippen MR) is 315 cm³/mol. The zero-order valence-electron chi connectivity index (χ0n) is 48.7. The van der Waals surface area contributed by atoms with Crippen LogP contribution in [0.4, 0.5) is 0 Å². The van der Waals surface area contributed by atoms with Crippen LogP contribution in [0.1, 0.15) is 361 Å². The van der Waals surface area contributed by atoms with E-state index in [0.29, 0.717) is 25.9 Å². The van der Waals surface area contributed by atoms with E-state index in [9.17, 15) is 19.8 Å². The Hall–Kier alpha value is -1.66. The number of hydrogen-bond acceptors (Lipinski definition) is 5. The van der Waals surface area contributed by atoms with Crippen molar-refractivity contribution in [1.29, 1.82) is 0 Å². The number of rotatable bonds is 61. The maximum atomic E-state index is 12.5. The number of aliphatic hydroxyl groups is 2. The highest BCUT2D eigenvalue weighted by molar-refractivity contribution is 5.76. The van der Waals surface area contributed by atoms with Gasteiger partial charge in [-0.15, -0.1) is 0 Å². The fourth-order valence-corrected chi connectivity index (χ4v) is 10.3. The van der Waals surface area contributed by atoms with Crippen molar-refractivity contribution in [3.63, 3.8) is 0 Å². The van der Waals surface area contributed by atoms with E-state index in [1.807, 2.05) is 0 Å². The van der Waals surface area contributed by atoms with E-state index in [2.05, 4.69) is 43.5 Å². The van der Waals surface area contributed by atoms with Crippen LogP contribution in [0.25, 0.3) is 0 Å². The van der Waals surface area contributed by atoms with E-state index in [1.54, 1.807) is 0 Å². The number of esters is 1. The van der Waals surface area contributed by atoms with Crippen molar-refractivity contribution in [3.8, 4) is 0 Å². The zero-order chi connectivity index (χ0) is 52.2. The van der Waals surface area contributed by atoms with Crippen LogP contribution in [-0.4, -0.2) is 47.4 Å². The summed E-state index contributed by atoms with van der Waals surface area (Å²) >= 11 is 0. The first-order valence-corrected chi connectivity index (χ1v) is 32.6. The lowest BCUT2D eigenvalue weighted by Crippen LogP contribution is -2.45. The molecule has 0 bridgehead atoms. The largest absolute Gasteiger partial charge is 0.466 e. The molecule has 0 saturated carbocycles. The van der Waals surface area contributed by atoms with Gasteiger partial charge in [-0.3, -0.25) is 9.59 Å². The van der Waals surface area contributed by atoms with Crippen molar-refractivity contribution >= 4 is 11.9 Å². The molecule has 6 nitrogen and oxygen atoms in total. The summed E-state index contributed by atoms with van der Waals surface area (Å²) in [6.07, 6.45) is 76.2. The Morgan fingerprint density at radius 2 is 0.694 bits per heavy atom. The van der Waals surface area contributed by atoms with Crippen LogP contribution in [0.3, 0.4) is 0 Å². The number of nitrogens with one attached hydrogen (secondary N) is 1. The summed E-state index contributed by atoms with van der Waals surface area (Å²) in [5, 5.41) is 23.4. The normalized spacial score (nSPS) is 12.7. The van der Waals surface area contributed by atoms with E-state index in [-0.39, 0.29) is 18.5 Å².